The molecule has 0 N–H and O–H groups in total. The van der Waals surface area contributed by atoms with Gasteiger partial charge in [0.25, 0.3) is 0 Å². The van der Waals surface area contributed by atoms with Crippen molar-refractivity contribution in [3.8, 4) is 0 Å². The van der Waals surface area contributed by atoms with Crippen LogP contribution in [-0.2, 0) is 14.6 Å². The van der Waals surface area contributed by atoms with E-state index in [0.717, 1.165) is 25.7 Å². The minimum atomic E-state index is -2.93. The van der Waals surface area contributed by atoms with E-state index in [-0.39, 0.29) is 23.2 Å². The van der Waals surface area contributed by atoms with Crippen molar-refractivity contribution in [1.82, 2.24) is 0 Å². The Hall–Kier alpha value is -0.380. The van der Waals surface area contributed by atoms with Crippen molar-refractivity contribution in [2.24, 2.45) is 17.3 Å². The summed E-state index contributed by atoms with van der Waals surface area (Å²) >= 11 is 0. The van der Waals surface area contributed by atoms with Crippen LogP contribution in [-0.4, -0.2) is 25.7 Å². The molecule has 3 nitrogen and oxygen atoms in total. The van der Waals surface area contributed by atoms with Crippen LogP contribution in [0.4, 0.5) is 0 Å². The molecule has 118 valence electrons. The number of Topliss-reactive ketones (excluding diaryl/α,β-unsaturated/α-hetero) is 1. The summed E-state index contributed by atoms with van der Waals surface area (Å²) in [5, 5.41) is 0. The molecule has 20 heavy (non-hydrogen) atoms. The highest BCUT2D eigenvalue weighted by molar-refractivity contribution is 7.91. The topological polar surface area (TPSA) is 51.2 Å². The number of ketones is 1. The van der Waals surface area contributed by atoms with Gasteiger partial charge in [-0.2, -0.15) is 0 Å². The molecule has 0 heterocycles. The van der Waals surface area contributed by atoms with Gasteiger partial charge >= 0.3 is 0 Å². The fraction of sp³-hybridized carbons (Fsp3) is 0.938. The summed E-state index contributed by atoms with van der Waals surface area (Å²) in [6, 6.07) is 0. The van der Waals surface area contributed by atoms with E-state index in [2.05, 4.69) is 20.8 Å². The van der Waals surface area contributed by atoms with Gasteiger partial charge in [0.05, 0.1) is 5.75 Å². The highest BCUT2D eigenvalue weighted by atomic mass is 32.2. The molecule has 1 rings (SSSR count). The Morgan fingerprint density at radius 1 is 1.10 bits per heavy atom. The van der Waals surface area contributed by atoms with Gasteiger partial charge in [-0.1, -0.05) is 27.7 Å². The Labute approximate surface area is 124 Å². The summed E-state index contributed by atoms with van der Waals surface area (Å²) in [4.78, 5) is 12.1. The molecule has 0 saturated heterocycles. The van der Waals surface area contributed by atoms with Crippen molar-refractivity contribution in [3.05, 3.63) is 0 Å². The van der Waals surface area contributed by atoms with Gasteiger partial charge in [0.1, 0.15) is 15.6 Å². The molecular weight excluding hydrogens is 272 g/mol. The lowest BCUT2D eigenvalue weighted by Gasteiger charge is -2.36. The molecule has 0 aliphatic heterocycles. The molecule has 1 aliphatic carbocycles. The Morgan fingerprint density at radius 3 is 2.10 bits per heavy atom. The van der Waals surface area contributed by atoms with Crippen LogP contribution in [0.2, 0.25) is 0 Å². The smallest absolute Gasteiger partial charge is 0.150 e. The molecule has 0 atom stereocenters. The van der Waals surface area contributed by atoms with Crippen LogP contribution in [0.5, 0.6) is 0 Å². The minimum Gasteiger partial charge on any atom is -0.299 e. The van der Waals surface area contributed by atoms with Crippen molar-refractivity contribution in [3.63, 3.8) is 0 Å². The average Bonchev–Trinajstić information content (AvgIpc) is 2.37. The van der Waals surface area contributed by atoms with Crippen LogP contribution in [0.25, 0.3) is 0 Å². The summed E-state index contributed by atoms with van der Waals surface area (Å²) < 4.78 is 22.8. The summed E-state index contributed by atoms with van der Waals surface area (Å²) in [7, 11) is -2.93. The number of carbonyl (C=O) groups excluding carboxylic acids is 1. The molecule has 0 unspecified atom stereocenters. The first-order valence-corrected chi connectivity index (χ1v) is 9.71. The van der Waals surface area contributed by atoms with Crippen molar-refractivity contribution in [2.75, 3.05) is 11.5 Å². The van der Waals surface area contributed by atoms with E-state index in [1.807, 2.05) is 0 Å². The third-order valence-corrected chi connectivity index (χ3v) is 6.52. The number of sulfone groups is 1. The van der Waals surface area contributed by atoms with E-state index in [1.54, 1.807) is 6.92 Å². The molecule has 1 fully saturated rings. The van der Waals surface area contributed by atoms with Crippen molar-refractivity contribution in [1.29, 1.82) is 0 Å². The Bertz CT molecular complexity index is 409. The second-order valence-corrected chi connectivity index (χ2v) is 9.69. The van der Waals surface area contributed by atoms with Crippen LogP contribution < -0.4 is 0 Å². The summed E-state index contributed by atoms with van der Waals surface area (Å²) in [5.41, 5.74) is 0.337. The molecule has 0 aromatic heterocycles. The maximum atomic E-state index is 12.1. The van der Waals surface area contributed by atoms with Gasteiger partial charge in [0.2, 0.25) is 0 Å². The molecule has 0 aromatic rings. The monoisotopic (exact) mass is 302 g/mol. The number of rotatable bonds is 6. The van der Waals surface area contributed by atoms with Crippen molar-refractivity contribution >= 4 is 15.6 Å². The van der Waals surface area contributed by atoms with Crippen molar-refractivity contribution in [2.45, 2.75) is 66.2 Å². The Morgan fingerprint density at radius 2 is 1.65 bits per heavy atom. The average molecular weight is 302 g/mol. The van der Waals surface area contributed by atoms with Gasteiger partial charge in [-0.3, -0.25) is 4.79 Å². The summed E-state index contributed by atoms with van der Waals surface area (Å²) in [6.45, 7) is 8.48. The number of hydrogen-bond donors (Lipinski definition) is 0. The van der Waals surface area contributed by atoms with E-state index >= 15 is 0 Å². The third-order valence-electron chi connectivity index (χ3n) is 4.73. The zero-order valence-corrected chi connectivity index (χ0v) is 14.3. The molecule has 0 spiro atoms. The Balaban J connectivity index is 2.33. The quantitative estimate of drug-likeness (QED) is 0.753. The Kier molecular flexibility index (Phi) is 6.24. The standard InChI is InChI=1S/C16H30O3S/c1-5-20(18,19)12-6-7-15(17)13-8-10-14(11-9-13)16(2,3)4/h13-14H,5-12H2,1-4H3. The van der Waals surface area contributed by atoms with Crippen molar-refractivity contribution < 1.29 is 13.2 Å². The lowest BCUT2D eigenvalue weighted by molar-refractivity contribution is -0.124. The molecule has 1 aliphatic rings. The molecule has 4 heteroatoms. The molecule has 1 saturated carbocycles. The molecule has 0 amide bonds. The van der Waals surface area contributed by atoms with E-state index in [0.29, 0.717) is 24.2 Å². The molecule has 0 bridgehead atoms. The van der Waals surface area contributed by atoms with Gasteiger partial charge in [0.15, 0.2) is 0 Å². The zero-order chi connectivity index (χ0) is 15.4. The normalized spacial score (nSPS) is 24.6. The molecule has 0 aromatic carbocycles. The van der Waals surface area contributed by atoms with Gasteiger partial charge in [-0.05, 0) is 43.4 Å². The number of carbonyl (C=O) groups is 1. The second-order valence-electron chi connectivity index (χ2n) is 7.22. The lowest BCUT2D eigenvalue weighted by Crippen LogP contribution is -2.29. The largest absolute Gasteiger partial charge is 0.299 e. The first-order chi connectivity index (χ1) is 9.15. The zero-order valence-electron chi connectivity index (χ0n) is 13.4. The van der Waals surface area contributed by atoms with Gasteiger partial charge in [0, 0.05) is 18.1 Å². The lowest BCUT2D eigenvalue weighted by atomic mass is 9.69. The van der Waals surface area contributed by atoms with Crippen LogP contribution in [0.1, 0.15) is 66.2 Å². The summed E-state index contributed by atoms with van der Waals surface area (Å²) in [5.74, 6) is 1.51. The predicted molar refractivity (Wildman–Crippen MR) is 83.5 cm³/mol. The predicted octanol–water partition coefficient (Wildman–Crippen LogP) is 3.62. The first kappa shape index (κ1) is 17.7. The maximum Gasteiger partial charge on any atom is 0.150 e. The first-order valence-electron chi connectivity index (χ1n) is 7.89. The molecule has 0 radical (unpaired) electrons. The third kappa shape index (κ3) is 5.55. The highest BCUT2D eigenvalue weighted by Crippen LogP contribution is 2.40. The fourth-order valence-electron chi connectivity index (χ4n) is 3.10. The SMILES string of the molecule is CCS(=O)(=O)CCCC(=O)C1CCC(C(C)(C)C)CC1. The van der Waals surface area contributed by atoms with E-state index < -0.39 is 9.84 Å². The van der Waals surface area contributed by atoms with Crippen LogP contribution in [0.15, 0.2) is 0 Å². The van der Waals surface area contributed by atoms with E-state index in [1.165, 1.54) is 0 Å². The maximum absolute atomic E-state index is 12.1. The number of hydrogen-bond acceptors (Lipinski definition) is 3. The van der Waals surface area contributed by atoms with Crippen LogP contribution >= 0.6 is 0 Å². The summed E-state index contributed by atoms with van der Waals surface area (Å²) in [6.07, 6.45) is 5.17. The van der Waals surface area contributed by atoms with E-state index in [9.17, 15) is 13.2 Å². The highest BCUT2D eigenvalue weighted by Gasteiger charge is 2.31. The second kappa shape index (κ2) is 7.06. The van der Waals surface area contributed by atoms with Gasteiger partial charge < -0.3 is 0 Å². The molecular formula is C16H30O3S. The van der Waals surface area contributed by atoms with Gasteiger partial charge in [-0.15, -0.1) is 0 Å². The van der Waals surface area contributed by atoms with E-state index in [4.69, 9.17) is 0 Å². The van der Waals surface area contributed by atoms with Crippen LogP contribution in [0.3, 0.4) is 0 Å². The van der Waals surface area contributed by atoms with Crippen LogP contribution in [0, 0.1) is 17.3 Å². The minimum absolute atomic E-state index is 0.159. The van der Waals surface area contributed by atoms with Gasteiger partial charge in [-0.25, -0.2) is 8.42 Å². The fourth-order valence-corrected chi connectivity index (χ4v) is 3.97.